The molecule has 0 saturated heterocycles. The average Bonchev–Trinajstić information content (AvgIpc) is 2.04. The monoisotopic (exact) mass is 163 g/mol. The van der Waals surface area contributed by atoms with Crippen LogP contribution in [0.5, 0.6) is 0 Å². The second-order valence-corrected chi connectivity index (χ2v) is 2.45. The van der Waals surface area contributed by atoms with E-state index in [9.17, 15) is 4.79 Å². The minimum atomic E-state index is -0.133. The number of rotatable bonds is 2. The molecular formula is C6H6AlN3O. The molecule has 0 bridgehead atoms. The van der Waals surface area contributed by atoms with Crippen molar-refractivity contribution in [2.45, 2.75) is 0 Å². The fourth-order valence-corrected chi connectivity index (χ4v) is 0.947. The van der Waals surface area contributed by atoms with E-state index in [0.29, 0.717) is 11.3 Å². The maximum atomic E-state index is 10.9. The molecule has 1 rings (SSSR count). The maximum absolute atomic E-state index is 10.9. The Bertz CT molecular complexity index is 276. The van der Waals surface area contributed by atoms with Crippen LogP contribution in [0.2, 0.25) is 0 Å². The molecule has 1 heterocycles. The lowest BCUT2D eigenvalue weighted by Gasteiger charge is -2.03. The first-order valence-corrected chi connectivity index (χ1v) is 3.54. The van der Waals surface area contributed by atoms with Crippen molar-refractivity contribution in [3.63, 3.8) is 0 Å². The summed E-state index contributed by atoms with van der Waals surface area (Å²) in [7, 11) is 0. The third kappa shape index (κ3) is 1.78. The van der Waals surface area contributed by atoms with Gasteiger partial charge in [0.25, 0.3) is 16.3 Å². The molecule has 0 aliphatic carbocycles. The number of hydrogen-bond acceptors (Lipinski definition) is 4. The first-order chi connectivity index (χ1) is 5.25. The lowest BCUT2D eigenvalue weighted by molar-refractivity contribution is 0.108. The van der Waals surface area contributed by atoms with Gasteiger partial charge in [-0.05, 0) is 6.07 Å². The Morgan fingerprint density at radius 1 is 1.73 bits per heavy atom. The number of carbonyl (C=O) groups excluding carboxylic acids is 1. The van der Waals surface area contributed by atoms with Crippen molar-refractivity contribution in [2.75, 3.05) is 5.43 Å². The summed E-state index contributed by atoms with van der Waals surface area (Å²) in [5.41, 5.74) is 3.46. The summed E-state index contributed by atoms with van der Waals surface area (Å²) in [4.78, 5) is 14.6. The van der Waals surface area contributed by atoms with E-state index in [-0.39, 0.29) is 4.65 Å². The zero-order valence-electron chi connectivity index (χ0n) is 5.74. The third-order valence-corrected chi connectivity index (χ3v) is 1.55. The molecule has 5 heteroatoms. The van der Waals surface area contributed by atoms with Crippen molar-refractivity contribution in [2.24, 2.45) is 5.84 Å². The molecule has 3 N–H and O–H groups in total. The van der Waals surface area contributed by atoms with E-state index in [4.69, 9.17) is 5.84 Å². The Morgan fingerprint density at radius 3 is 2.91 bits per heavy atom. The van der Waals surface area contributed by atoms with Crippen LogP contribution in [0.4, 0.5) is 5.69 Å². The van der Waals surface area contributed by atoms with Crippen molar-refractivity contribution < 1.29 is 4.79 Å². The first-order valence-electron chi connectivity index (χ1n) is 2.96. The molecular weight excluding hydrogens is 157 g/mol. The predicted molar refractivity (Wildman–Crippen MR) is 42.1 cm³/mol. The highest BCUT2D eigenvalue weighted by Gasteiger charge is 2.02. The number of nitrogen functional groups attached to an aromatic ring is 1. The Kier molecular flexibility index (Phi) is 2.60. The van der Waals surface area contributed by atoms with Crippen molar-refractivity contribution in [3.05, 3.63) is 24.0 Å². The molecule has 0 spiro atoms. The van der Waals surface area contributed by atoms with Crippen molar-refractivity contribution >= 4 is 26.6 Å². The zero-order valence-corrected chi connectivity index (χ0v) is 6.90. The van der Waals surface area contributed by atoms with Gasteiger partial charge in [0.1, 0.15) is 0 Å². The van der Waals surface area contributed by atoms with Crippen molar-refractivity contribution in [1.82, 2.24) is 4.98 Å². The van der Waals surface area contributed by atoms with Gasteiger partial charge in [-0.25, -0.2) is 0 Å². The van der Waals surface area contributed by atoms with Crippen LogP contribution in [-0.2, 0) is 0 Å². The minimum absolute atomic E-state index is 0.133. The van der Waals surface area contributed by atoms with Gasteiger partial charge in [0, 0.05) is 18.0 Å². The van der Waals surface area contributed by atoms with Crippen LogP contribution in [0.25, 0.3) is 0 Å². The number of nitrogens with zero attached hydrogens (tertiary/aromatic N) is 1. The molecule has 0 saturated carbocycles. The van der Waals surface area contributed by atoms with Crippen molar-refractivity contribution in [3.8, 4) is 0 Å². The lowest BCUT2D eigenvalue weighted by atomic mass is 10.2. The Labute approximate surface area is 72.2 Å². The summed E-state index contributed by atoms with van der Waals surface area (Å²) >= 11 is 2.06. The SMILES string of the molecule is NNc1ccncc1[C](=O)[Al]. The molecule has 0 fully saturated rings. The Morgan fingerprint density at radius 2 is 2.45 bits per heavy atom. The van der Waals surface area contributed by atoms with Crippen LogP contribution in [-0.4, -0.2) is 25.9 Å². The second-order valence-electron chi connectivity index (χ2n) is 1.93. The van der Waals surface area contributed by atoms with Crippen LogP contribution in [0.15, 0.2) is 18.5 Å². The summed E-state index contributed by atoms with van der Waals surface area (Å²) < 4.78 is -0.133. The topological polar surface area (TPSA) is 68.0 Å². The molecule has 0 unspecified atom stereocenters. The fourth-order valence-electron chi connectivity index (χ4n) is 0.717. The van der Waals surface area contributed by atoms with Gasteiger partial charge in [0.15, 0.2) is 0 Å². The summed E-state index contributed by atoms with van der Waals surface area (Å²) in [6.07, 6.45) is 3.02. The van der Waals surface area contributed by atoms with Gasteiger partial charge in [0.2, 0.25) is 0 Å². The highest BCUT2D eigenvalue weighted by atomic mass is 27.0. The molecule has 0 aliphatic heterocycles. The zero-order chi connectivity index (χ0) is 8.27. The van der Waals surface area contributed by atoms with Crippen LogP contribution in [0.1, 0.15) is 10.4 Å². The molecule has 54 valence electrons. The minimum Gasteiger partial charge on any atom is -0.323 e. The quantitative estimate of drug-likeness (QED) is 0.356. The molecule has 11 heavy (non-hydrogen) atoms. The van der Waals surface area contributed by atoms with E-state index >= 15 is 0 Å². The van der Waals surface area contributed by atoms with E-state index in [0.717, 1.165) is 0 Å². The fraction of sp³-hybridized carbons (Fsp3) is 0. The normalized spacial score (nSPS) is 9.18. The third-order valence-electron chi connectivity index (χ3n) is 1.24. The summed E-state index contributed by atoms with van der Waals surface area (Å²) in [5.74, 6) is 5.15. The van der Waals surface area contributed by atoms with E-state index in [1.54, 1.807) is 12.3 Å². The smallest absolute Gasteiger partial charge is 0.250 e. The van der Waals surface area contributed by atoms with Crippen LogP contribution >= 0.6 is 0 Å². The Balaban J connectivity index is 3.12. The van der Waals surface area contributed by atoms with Gasteiger partial charge in [0.05, 0.1) is 10.3 Å². The summed E-state index contributed by atoms with van der Waals surface area (Å²) in [6, 6.07) is 1.64. The number of carbonyl (C=O) groups is 1. The molecule has 0 amide bonds. The first kappa shape index (κ1) is 8.21. The highest BCUT2D eigenvalue weighted by Crippen LogP contribution is 2.10. The number of pyridine rings is 1. The van der Waals surface area contributed by atoms with E-state index in [1.165, 1.54) is 6.20 Å². The lowest BCUT2D eigenvalue weighted by Crippen LogP contribution is -2.12. The van der Waals surface area contributed by atoms with Crippen LogP contribution < -0.4 is 11.3 Å². The predicted octanol–water partition coefficient (Wildman–Crippen LogP) is -0.324. The maximum Gasteiger partial charge on any atom is 0.250 e. The summed E-state index contributed by atoms with van der Waals surface area (Å²) in [6.45, 7) is 0. The molecule has 0 aromatic carbocycles. The Hall–Kier alpha value is -0.888. The van der Waals surface area contributed by atoms with E-state index < -0.39 is 0 Å². The van der Waals surface area contributed by atoms with Crippen molar-refractivity contribution in [1.29, 1.82) is 0 Å². The van der Waals surface area contributed by atoms with Gasteiger partial charge in [-0.1, -0.05) is 0 Å². The highest BCUT2D eigenvalue weighted by molar-refractivity contribution is 6.62. The van der Waals surface area contributed by atoms with Gasteiger partial charge < -0.3 is 10.2 Å². The molecule has 0 aliphatic rings. The molecule has 4 nitrogen and oxygen atoms in total. The number of anilines is 1. The van der Waals surface area contributed by atoms with E-state index in [1.807, 2.05) is 0 Å². The number of nitrogens with two attached hydrogens (primary N) is 1. The van der Waals surface area contributed by atoms with Crippen LogP contribution in [0, 0.1) is 0 Å². The largest absolute Gasteiger partial charge is 0.323 e. The van der Waals surface area contributed by atoms with E-state index in [2.05, 4.69) is 26.7 Å². The summed E-state index contributed by atoms with van der Waals surface area (Å²) in [5, 5.41) is 0. The number of hydrogen-bond donors (Lipinski definition) is 2. The average molecular weight is 163 g/mol. The van der Waals surface area contributed by atoms with Gasteiger partial charge >= 0.3 is 0 Å². The molecule has 0 atom stereocenters. The molecule has 2 radical (unpaired) electrons. The molecule has 1 aromatic rings. The van der Waals surface area contributed by atoms with Gasteiger partial charge in [-0.3, -0.25) is 10.8 Å². The number of nitrogens with one attached hydrogen (secondary N) is 1. The molecule has 1 aromatic heterocycles. The number of hydrazine groups is 1. The second kappa shape index (κ2) is 3.49. The van der Waals surface area contributed by atoms with Gasteiger partial charge in [-0.2, -0.15) is 0 Å². The van der Waals surface area contributed by atoms with Crippen LogP contribution in [0.3, 0.4) is 0 Å². The standard InChI is InChI=1S/C6H6N3O.Al/c7-9-6-1-2-8-3-5(6)4-10;/h1-3H,7H2,(H,8,9);. The van der Waals surface area contributed by atoms with Gasteiger partial charge in [-0.15, -0.1) is 0 Å². The number of aromatic nitrogens is 1.